The number of hydrogen-bond acceptors (Lipinski definition) is 5. The van der Waals surface area contributed by atoms with Gasteiger partial charge in [-0.1, -0.05) is 30.3 Å². The minimum Gasteiger partial charge on any atom is -0.463 e. The van der Waals surface area contributed by atoms with Crippen LogP contribution in [0.25, 0.3) is 6.08 Å². The Bertz CT molecular complexity index is 709. The van der Waals surface area contributed by atoms with Crippen molar-refractivity contribution < 1.29 is 23.9 Å². The van der Waals surface area contributed by atoms with Crippen molar-refractivity contribution in [1.29, 1.82) is 0 Å². The van der Waals surface area contributed by atoms with E-state index in [1.54, 1.807) is 19.9 Å². The van der Waals surface area contributed by atoms with E-state index in [9.17, 15) is 14.4 Å². The lowest BCUT2D eigenvalue weighted by Crippen LogP contribution is -2.50. The molecule has 0 radical (unpaired) electrons. The predicted molar refractivity (Wildman–Crippen MR) is 91.2 cm³/mol. The molecule has 7 heteroatoms. The number of ether oxygens (including phenoxy) is 2. The molecule has 0 saturated carbocycles. The van der Waals surface area contributed by atoms with Gasteiger partial charge in [-0.15, -0.1) is 0 Å². The number of carbonyl (C=O) groups excluding carboxylic acids is 3. The minimum absolute atomic E-state index is 0.204. The fourth-order valence-electron chi connectivity index (χ4n) is 2.31. The lowest BCUT2D eigenvalue weighted by Gasteiger charge is -2.26. The second-order valence-electron chi connectivity index (χ2n) is 5.28. The summed E-state index contributed by atoms with van der Waals surface area (Å²) in [7, 11) is 0. The highest BCUT2D eigenvalue weighted by atomic mass is 16.5. The van der Waals surface area contributed by atoms with E-state index in [0.29, 0.717) is 0 Å². The van der Waals surface area contributed by atoms with Crippen molar-refractivity contribution in [3.8, 4) is 0 Å². The van der Waals surface area contributed by atoms with E-state index in [1.807, 2.05) is 30.3 Å². The zero-order valence-electron chi connectivity index (χ0n) is 14.1. The molecule has 1 atom stereocenters. The van der Waals surface area contributed by atoms with Gasteiger partial charge in [0.25, 0.3) is 0 Å². The molecule has 2 amide bonds. The fourth-order valence-corrected chi connectivity index (χ4v) is 2.31. The molecule has 0 fully saturated rings. The third-order valence-electron chi connectivity index (χ3n) is 3.44. The summed E-state index contributed by atoms with van der Waals surface area (Å²) in [6, 6.07) is 8.27. The van der Waals surface area contributed by atoms with Gasteiger partial charge >= 0.3 is 18.0 Å². The number of hydrogen-bond donors (Lipinski definition) is 2. The normalized spacial score (nSPS) is 17.0. The van der Waals surface area contributed by atoms with Crippen molar-refractivity contribution >= 4 is 24.0 Å². The molecule has 1 aliphatic rings. The van der Waals surface area contributed by atoms with E-state index in [1.165, 1.54) is 6.08 Å². The Hall–Kier alpha value is -3.09. The first kappa shape index (κ1) is 18.3. The van der Waals surface area contributed by atoms with Gasteiger partial charge in [0.2, 0.25) is 0 Å². The third kappa shape index (κ3) is 5.20. The zero-order chi connectivity index (χ0) is 18.2. The molecule has 0 saturated heterocycles. The summed E-state index contributed by atoms with van der Waals surface area (Å²) in [5.74, 6) is -1.15. The monoisotopic (exact) mass is 344 g/mol. The van der Waals surface area contributed by atoms with Crippen molar-refractivity contribution in [2.75, 3.05) is 13.2 Å². The lowest BCUT2D eigenvalue weighted by atomic mass is 10.0. The van der Waals surface area contributed by atoms with E-state index in [4.69, 9.17) is 9.47 Å². The maximum atomic E-state index is 12.1. The van der Waals surface area contributed by atoms with Gasteiger partial charge in [-0.2, -0.15) is 0 Å². The number of nitrogens with one attached hydrogen (secondary N) is 2. The summed E-state index contributed by atoms with van der Waals surface area (Å²) in [6.07, 6.45) is 2.90. The summed E-state index contributed by atoms with van der Waals surface area (Å²) < 4.78 is 10.1. The molecule has 1 heterocycles. The molecule has 1 aromatic carbocycles. The highest BCUT2D eigenvalue weighted by Crippen LogP contribution is 2.14. The first-order valence-corrected chi connectivity index (χ1v) is 7.88. The van der Waals surface area contributed by atoms with Crippen LogP contribution in [0.5, 0.6) is 0 Å². The van der Waals surface area contributed by atoms with Crippen molar-refractivity contribution in [3.05, 3.63) is 53.2 Å². The van der Waals surface area contributed by atoms with E-state index in [-0.39, 0.29) is 24.5 Å². The largest absolute Gasteiger partial charge is 0.463 e. The molecule has 0 unspecified atom stereocenters. The van der Waals surface area contributed by atoms with Crippen molar-refractivity contribution in [1.82, 2.24) is 10.6 Å². The van der Waals surface area contributed by atoms with Crippen molar-refractivity contribution in [2.24, 2.45) is 0 Å². The molecule has 0 aliphatic carbocycles. The quantitative estimate of drug-likeness (QED) is 0.606. The van der Waals surface area contributed by atoms with Crippen LogP contribution in [-0.2, 0) is 19.1 Å². The second-order valence-corrected chi connectivity index (χ2v) is 5.28. The third-order valence-corrected chi connectivity index (χ3v) is 3.44. The molecule has 1 aromatic rings. The second kappa shape index (κ2) is 8.68. The van der Waals surface area contributed by atoms with Gasteiger partial charge in [0, 0.05) is 6.08 Å². The zero-order valence-corrected chi connectivity index (χ0v) is 14.1. The number of urea groups is 1. The molecule has 0 spiro atoms. The van der Waals surface area contributed by atoms with Crippen LogP contribution in [0.3, 0.4) is 0 Å². The molecule has 1 aliphatic heterocycles. The number of carbonyl (C=O) groups is 3. The summed E-state index contributed by atoms with van der Waals surface area (Å²) >= 11 is 0. The smallest absolute Gasteiger partial charge is 0.338 e. The minimum atomic E-state index is -0.583. The van der Waals surface area contributed by atoms with Crippen LogP contribution in [0, 0.1) is 0 Å². The molecular formula is C18H20N2O5. The number of esters is 2. The van der Waals surface area contributed by atoms with Gasteiger partial charge < -0.3 is 20.1 Å². The number of amides is 2. The summed E-state index contributed by atoms with van der Waals surface area (Å²) in [4.78, 5) is 35.5. The van der Waals surface area contributed by atoms with Crippen molar-refractivity contribution in [3.63, 3.8) is 0 Å². The molecular weight excluding hydrogens is 324 g/mol. The Balaban J connectivity index is 2.05. The van der Waals surface area contributed by atoms with Gasteiger partial charge in [-0.3, -0.25) is 0 Å². The predicted octanol–water partition coefficient (Wildman–Crippen LogP) is 1.76. The Labute approximate surface area is 145 Å². The van der Waals surface area contributed by atoms with Gasteiger partial charge in [0.1, 0.15) is 6.61 Å². The first-order chi connectivity index (χ1) is 12.0. The Morgan fingerprint density at radius 3 is 2.60 bits per heavy atom. The van der Waals surface area contributed by atoms with E-state index in [2.05, 4.69) is 10.6 Å². The molecule has 25 heavy (non-hydrogen) atoms. The van der Waals surface area contributed by atoms with Gasteiger partial charge in [-0.05, 0) is 25.5 Å². The van der Waals surface area contributed by atoms with Crippen LogP contribution in [0.1, 0.15) is 19.4 Å². The van der Waals surface area contributed by atoms with Crippen LogP contribution in [0.15, 0.2) is 47.7 Å². The molecule has 0 aromatic heterocycles. The standard InChI is InChI=1S/C18H20N2O5/c1-3-24-17(22)16-12(2)19-18(23)20-14(16)11-25-15(21)10-9-13-7-5-4-6-8-13/h4-10,12H,3,11H2,1-2H3,(H2,19,20,23)/b10-9+/t12-/m0/s1. The molecule has 0 bridgehead atoms. The molecule has 2 rings (SSSR count). The summed E-state index contributed by atoms with van der Waals surface area (Å²) in [6.45, 7) is 3.31. The Morgan fingerprint density at radius 2 is 1.92 bits per heavy atom. The van der Waals surface area contributed by atoms with Crippen LogP contribution >= 0.6 is 0 Å². The van der Waals surface area contributed by atoms with E-state index in [0.717, 1.165) is 5.56 Å². The van der Waals surface area contributed by atoms with E-state index >= 15 is 0 Å². The molecule has 2 N–H and O–H groups in total. The Kier molecular flexibility index (Phi) is 6.33. The van der Waals surface area contributed by atoms with Crippen LogP contribution < -0.4 is 10.6 Å². The SMILES string of the molecule is CCOC(=O)C1=C(COC(=O)/C=C/c2ccccc2)NC(=O)N[C@H]1C. The van der Waals surface area contributed by atoms with Crippen molar-refractivity contribution in [2.45, 2.75) is 19.9 Å². The highest BCUT2D eigenvalue weighted by molar-refractivity contribution is 5.95. The van der Waals surface area contributed by atoms with Gasteiger partial charge in [-0.25, -0.2) is 14.4 Å². The lowest BCUT2D eigenvalue weighted by molar-refractivity contribution is -0.140. The van der Waals surface area contributed by atoms with Gasteiger partial charge in [0.05, 0.1) is 23.9 Å². The summed E-state index contributed by atoms with van der Waals surface area (Å²) in [5, 5.41) is 5.06. The molecule has 132 valence electrons. The van der Waals surface area contributed by atoms with Crippen LogP contribution in [0.4, 0.5) is 4.79 Å². The van der Waals surface area contributed by atoms with E-state index < -0.39 is 24.0 Å². The summed E-state index contributed by atoms with van der Waals surface area (Å²) in [5.41, 5.74) is 1.31. The highest BCUT2D eigenvalue weighted by Gasteiger charge is 2.30. The maximum absolute atomic E-state index is 12.1. The fraction of sp³-hybridized carbons (Fsp3) is 0.278. The number of benzene rings is 1. The average molecular weight is 344 g/mol. The molecule has 7 nitrogen and oxygen atoms in total. The number of rotatable bonds is 6. The maximum Gasteiger partial charge on any atom is 0.338 e. The van der Waals surface area contributed by atoms with Crippen LogP contribution in [-0.4, -0.2) is 37.2 Å². The first-order valence-electron chi connectivity index (χ1n) is 7.88. The topological polar surface area (TPSA) is 93.7 Å². The Morgan fingerprint density at radius 1 is 1.20 bits per heavy atom. The van der Waals surface area contributed by atoms with Crippen LogP contribution in [0.2, 0.25) is 0 Å². The average Bonchev–Trinajstić information content (AvgIpc) is 2.58. The van der Waals surface area contributed by atoms with Gasteiger partial charge in [0.15, 0.2) is 0 Å².